The maximum Gasteiger partial charge on any atom is 0.348 e. The second-order valence-electron chi connectivity index (χ2n) is 5.18. The van der Waals surface area contributed by atoms with Crippen LogP contribution < -0.4 is 0 Å². The van der Waals surface area contributed by atoms with Gasteiger partial charge in [-0.1, -0.05) is 23.7 Å². The Morgan fingerprint density at radius 2 is 1.88 bits per heavy atom. The zero-order valence-corrected chi connectivity index (χ0v) is 14.8. The highest BCUT2D eigenvalue weighted by molar-refractivity contribution is 7.15. The van der Waals surface area contributed by atoms with Crippen molar-refractivity contribution < 1.29 is 19.1 Å². The van der Waals surface area contributed by atoms with Gasteiger partial charge in [-0.3, -0.25) is 9.59 Å². The number of carbonyl (C=O) groups excluding carboxylic acids is 3. The fourth-order valence-electron chi connectivity index (χ4n) is 1.94. The molecule has 0 aliphatic rings. The molecule has 0 aliphatic heterocycles. The molecule has 0 atom stereocenters. The van der Waals surface area contributed by atoms with Crippen molar-refractivity contribution in [2.45, 2.75) is 13.5 Å². The minimum atomic E-state index is -0.614. The Kier molecular flexibility index (Phi) is 6.11. The normalized spacial score (nSPS) is 10.3. The van der Waals surface area contributed by atoms with Gasteiger partial charge in [-0.25, -0.2) is 4.79 Å². The molecule has 0 saturated carbocycles. The van der Waals surface area contributed by atoms with E-state index in [4.69, 9.17) is 16.3 Å². The molecular weight excluding hydrogens is 350 g/mol. The first-order valence-electron chi connectivity index (χ1n) is 7.13. The number of amides is 1. The number of nitrogens with zero attached hydrogens (tertiary/aromatic N) is 1. The second-order valence-corrected chi connectivity index (χ2v) is 6.70. The molecule has 5 nitrogen and oxygen atoms in total. The van der Waals surface area contributed by atoms with Crippen LogP contribution >= 0.6 is 22.9 Å². The third-order valence-electron chi connectivity index (χ3n) is 3.22. The lowest BCUT2D eigenvalue weighted by atomic mass is 10.2. The van der Waals surface area contributed by atoms with Gasteiger partial charge >= 0.3 is 5.97 Å². The molecule has 0 saturated heterocycles. The molecule has 2 aromatic rings. The summed E-state index contributed by atoms with van der Waals surface area (Å²) in [6, 6.07) is 10.3. The van der Waals surface area contributed by atoms with Crippen LogP contribution in [0.2, 0.25) is 5.02 Å². The zero-order chi connectivity index (χ0) is 17.7. The molecule has 0 radical (unpaired) electrons. The van der Waals surface area contributed by atoms with Gasteiger partial charge in [0, 0.05) is 18.6 Å². The first kappa shape index (κ1) is 18.2. The molecule has 24 heavy (non-hydrogen) atoms. The number of ether oxygens (including phenoxy) is 1. The average molecular weight is 366 g/mol. The van der Waals surface area contributed by atoms with Crippen LogP contribution in [0.1, 0.15) is 31.8 Å². The van der Waals surface area contributed by atoms with E-state index in [1.54, 1.807) is 31.3 Å². The first-order chi connectivity index (χ1) is 11.4. The number of hydrogen-bond acceptors (Lipinski definition) is 5. The van der Waals surface area contributed by atoms with E-state index >= 15 is 0 Å². The monoisotopic (exact) mass is 365 g/mol. The Hall–Kier alpha value is -2.18. The van der Waals surface area contributed by atoms with Crippen molar-refractivity contribution in [3.05, 3.63) is 56.7 Å². The van der Waals surface area contributed by atoms with Crippen molar-refractivity contribution in [2.75, 3.05) is 13.7 Å². The van der Waals surface area contributed by atoms with E-state index in [-0.39, 0.29) is 18.3 Å². The van der Waals surface area contributed by atoms with E-state index in [1.807, 2.05) is 6.07 Å². The highest BCUT2D eigenvalue weighted by Gasteiger charge is 2.16. The summed E-state index contributed by atoms with van der Waals surface area (Å²) < 4.78 is 5.01. The van der Waals surface area contributed by atoms with Crippen LogP contribution in [-0.4, -0.2) is 36.2 Å². The standard InChI is InChI=1S/C17H16ClNO4S/c1-11(20)14-6-7-15(24-14)17(22)23-10-16(21)19(2)9-12-4-3-5-13(18)8-12/h3-8H,9-10H2,1-2H3. The van der Waals surface area contributed by atoms with Crippen LogP contribution in [0.3, 0.4) is 0 Å². The molecule has 7 heteroatoms. The second kappa shape index (κ2) is 8.08. The van der Waals surface area contributed by atoms with Gasteiger partial charge in [-0.2, -0.15) is 0 Å². The minimum Gasteiger partial charge on any atom is -0.451 e. The van der Waals surface area contributed by atoms with E-state index in [1.165, 1.54) is 17.9 Å². The lowest BCUT2D eigenvalue weighted by Gasteiger charge is -2.17. The average Bonchev–Trinajstić information content (AvgIpc) is 3.02. The Morgan fingerprint density at radius 1 is 1.17 bits per heavy atom. The number of likely N-dealkylation sites (N-methyl/N-ethyl adjacent to an activating group) is 1. The van der Waals surface area contributed by atoms with Gasteiger partial charge in [0.15, 0.2) is 12.4 Å². The van der Waals surface area contributed by atoms with Gasteiger partial charge in [0.2, 0.25) is 0 Å². The molecule has 126 valence electrons. The maximum atomic E-state index is 12.0. The van der Waals surface area contributed by atoms with Crippen molar-refractivity contribution in [3.8, 4) is 0 Å². The van der Waals surface area contributed by atoms with Crippen molar-refractivity contribution in [1.82, 2.24) is 4.90 Å². The van der Waals surface area contributed by atoms with Crippen LogP contribution in [-0.2, 0) is 16.1 Å². The quantitative estimate of drug-likeness (QED) is 0.581. The van der Waals surface area contributed by atoms with E-state index in [0.29, 0.717) is 21.3 Å². The summed E-state index contributed by atoms with van der Waals surface area (Å²) in [4.78, 5) is 37.4. The van der Waals surface area contributed by atoms with E-state index in [2.05, 4.69) is 0 Å². The molecule has 0 aliphatic carbocycles. The Labute approximate surface area is 148 Å². The molecule has 0 spiro atoms. The number of Topliss-reactive ketones (excluding diaryl/α,β-unsaturated/α-hetero) is 1. The number of hydrogen-bond donors (Lipinski definition) is 0. The van der Waals surface area contributed by atoms with Gasteiger partial charge in [0.25, 0.3) is 5.91 Å². The number of carbonyl (C=O) groups is 3. The largest absolute Gasteiger partial charge is 0.451 e. The first-order valence-corrected chi connectivity index (χ1v) is 8.32. The van der Waals surface area contributed by atoms with Crippen LogP contribution in [0, 0.1) is 0 Å². The summed E-state index contributed by atoms with van der Waals surface area (Å²) >= 11 is 6.96. The number of halogens is 1. The topological polar surface area (TPSA) is 63.7 Å². The SMILES string of the molecule is CC(=O)c1ccc(C(=O)OCC(=O)N(C)Cc2cccc(Cl)c2)s1. The van der Waals surface area contributed by atoms with Gasteiger partial charge in [-0.15, -0.1) is 11.3 Å². The molecule has 1 heterocycles. The third-order valence-corrected chi connectivity index (χ3v) is 4.62. The van der Waals surface area contributed by atoms with E-state index in [9.17, 15) is 14.4 Å². The summed E-state index contributed by atoms with van der Waals surface area (Å²) in [6.07, 6.45) is 0. The van der Waals surface area contributed by atoms with Crippen LogP contribution in [0.5, 0.6) is 0 Å². The molecule has 0 N–H and O–H groups in total. The number of esters is 1. The molecule has 0 unspecified atom stereocenters. The number of rotatable bonds is 6. The number of thiophene rings is 1. The predicted molar refractivity (Wildman–Crippen MR) is 92.5 cm³/mol. The van der Waals surface area contributed by atoms with Crippen molar-refractivity contribution in [1.29, 1.82) is 0 Å². The fraction of sp³-hybridized carbons (Fsp3) is 0.235. The van der Waals surface area contributed by atoms with Crippen molar-refractivity contribution >= 4 is 40.6 Å². The maximum absolute atomic E-state index is 12.0. The molecule has 1 aromatic heterocycles. The highest BCUT2D eigenvalue weighted by Crippen LogP contribution is 2.18. The lowest BCUT2D eigenvalue weighted by molar-refractivity contribution is -0.133. The predicted octanol–water partition coefficient (Wildman–Crippen LogP) is 3.42. The number of ketones is 1. The summed E-state index contributed by atoms with van der Waals surface area (Å²) in [5.41, 5.74) is 0.883. The molecule has 1 amide bonds. The van der Waals surface area contributed by atoms with E-state index < -0.39 is 5.97 Å². The van der Waals surface area contributed by atoms with E-state index in [0.717, 1.165) is 16.9 Å². The molecule has 2 rings (SSSR count). The van der Waals surface area contributed by atoms with Crippen LogP contribution in [0.25, 0.3) is 0 Å². The van der Waals surface area contributed by atoms with Gasteiger partial charge in [-0.05, 0) is 36.8 Å². The summed E-state index contributed by atoms with van der Waals surface area (Å²) in [6.45, 7) is 1.43. The minimum absolute atomic E-state index is 0.114. The molecule has 0 bridgehead atoms. The fourth-order valence-corrected chi connectivity index (χ4v) is 2.95. The highest BCUT2D eigenvalue weighted by atomic mass is 35.5. The van der Waals surface area contributed by atoms with Gasteiger partial charge < -0.3 is 9.64 Å². The van der Waals surface area contributed by atoms with Gasteiger partial charge in [0.1, 0.15) is 4.88 Å². The lowest BCUT2D eigenvalue weighted by Crippen LogP contribution is -2.30. The Bertz CT molecular complexity index is 771. The van der Waals surface area contributed by atoms with Crippen molar-refractivity contribution in [3.63, 3.8) is 0 Å². The summed E-state index contributed by atoms with van der Waals surface area (Å²) in [5, 5.41) is 0.596. The number of benzene rings is 1. The van der Waals surface area contributed by atoms with Crippen LogP contribution in [0.15, 0.2) is 36.4 Å². The van der Waals surface area contributed by atoms with Crippen molar-refractivity contribution in [2.24, 2.45) is 0 Å². The Balaban J connectivity index is 1.87. The third kappa shape index (κ3) is 4.91. The molecule has 0 fully saturated rings. The zero-order valence-electron chi connectivity index (χ0n) is 13.2. The molecule has 1 aromatic carbocycles. The summed E-state index contributed by atoms with van der Waals surface area (Å²) in [7, 11) is 1.62. The van der Waals surface area contributed by atoms with Crippen LogP contribution in [0.4, 0.5) is 0 Å². The van der Waals surface area contributed by atoms with Gasteiger partial charge in [0.05, 0.1) is 4.88 Å². The summed E-state index contributed by atoms with van der Waals surface area (Å²) in [5.74, 6) is -1.06. The Morgan fingerprint density at radius 3 is 2.50 bits per heavy atom. The molecular formula is C17H16ClNO4S. The smallest absolute Gasteiger partial charge is 0.348 e.